The third-order valence-electron chi connectivity index (χ3n) is 12.4. The standard InChI is InChI=1S/C55H36N2/c1-3-16-39(17-4-1)56(52-28-15-29-53-54(52)46-23-10-14-27-51(46)57(53)40-18-5-2-6-19-40)41-33-30-37(31-34-41)38-32-35-45-44-22-9-13-26-49(44)55(50(45)36-38)47-24-11-7-20-42(47)43-21-8-12-25-48(43)55/h1-36H. The summed E-state index contributed by atoms with van der Waals surface area (Å²) in [5.41, 5.74) is 19.7. The molecule has 2 nitrogen and oxygen atoms in total. The normalized spacial score (nSPS) is 13.1. The van der Waals surface area contributed by atoms with Crippen LogP contribution in [0, 0.1) is 0 Å². The second-order valence-electron chi connectivity index (χ2n) is 15.2. The molecule has 0 atom stereocenters. The molecule has 57 heavy (non-hydrogen) atoms. The molecule has 12 rings (SSSR count). The van der Waals surface area contributed by atoms with E-state index in [-0.39, 0.29) is 5.41 Å². The Kier molecular flexibility index (Phi) is 6.88. The van der Waals surface area contributed by atoms with Crippen LogP contribution in [0.5, 0.6) is 0 Å². The lowest BCUT2D eigenvalue weighted by Crippen LogP contribution is -2.25. The number of rotatable bonds is 5. The van der Waals surface area contributed by atoms with E-state index in [1.165, 1.54) is 77.4 Å². The van der Waals surface area contributed by atoms with Gasteiger partial charge in [0.2, 0.25) is 0 Å². The lowest BCUT2D eigenvalue weighted by Gasteiger charge is -2.30. The van der Waals surface area contributed by atoms with Crippen molar-refractivity contribution in [1.29, 1.82) is 0 Å². The molecule has 2 heteroatoms. The maximum atomic E-state index is 2.47. The van der Waals surface area contributed by atoms with Crippen LogP contribution in [0.4, 0.5) is 17.1 Å². The molecule has 1 spiro atoms. The van der Waals surface area contributed by atoms with E-state index in [0.29, 0.717) is 0 Å². The first-order valence-corrected chi connectivity index (χ1v) is 19.8. The molecule has 1 aromatic heterocycles. The Morgan fingerprint density at radius 3 is 1.53 bits per heavy atom. The van der Waals surface area contributed by atoms with Gasteiger partial charge in [0.05, 0.1) is 22.1 Å². The predicted octanol–water partition coefficient (Wildman–Crippen LogP) is 14.3. The van der Waals surface area contributed by atoms with Gasteiger partial charge in [0.25, 0.3) is 0 Å². The zero-order valence-corrected chi connectivity index (χ0v) is 31.2. The van der Waals surface area contributed by atoms with Crippen molar-refractivity contribution in [1.82, 2.24) is 4.57 Å². The molecule has 266 valence electrons. The molecule has 0 N–H and O–H groups in total. The van der Waals surface area contributed by atoms with Crippen molar-refractivity contribution < 1.29 is 0 Å². The average molecular weight is 725 g/mol. The first-order chi connectivity index (χ1) is 28.3. The molecule has 0 aliphatic heterocycles. The molecular weight excluding hydrogens is 689 g/mol. The first-order valence-electron chi connectivity index (χ1n) is 19.8. The summed E-state index contributed by atoms with van der Waals surface area (Å²) in [6.45, 7) is 0. The summed E-state index contributed by atoms with van der Waals surface area (Å²) in [6, 6.07) is 80.3. The monoisotopic (exact) mass is 724 g/mol. The van der Waals surface area contributed by atoms with Gasteiger partial charge in [0.1, 0.15) is 0 Å². The maximum Gasteiger partial charge on any atom is 0.0725 e. The summed E-state index contributed by atoms with van der Waals surface area (Å²) in [7, 11) is 0. The first kappa shape index (κ1) is 31.9. The number of hydrogen-bond acceptors (Lipinski definition) is 1. The van der Waals surface area contributed by atoms with Crippen molar-refractivity contribution in [3.63, 3.8) is 0 Å². The van der Waals surface area contributed by atoms with Gasteiger partial charge in [-0.15, -0.1) is 0 Å². The fraction of sp³-hybridized carbons (Fsp3) is 0.0182. The minimum atomic E-state index is -0.364. The van der Waals surface area contributed by atoms with E-state index >= 15 is 0 Å². The highest BCUT2D eigenvalue weighted by molar-refractivity contribution is 6.16. The van der Waals surface area contributed by atoms with Crippen molar-refractivity contribution in [2.75, 3.05) is 4.90 Å². The number of hydrogen-bond donors (Lipinski definition) is 0. The van der Waals surface area contributed by atoms with E-state index in [1.807, 2.05) is 0 Å². The Balaban J connectivity index is 1.02. The van der Waals surface area contributed by atoms with E-state index in [2.05, 4.69) is 228 Å². The largest absolute Gasteiger partial charge is 0.310 e. The summed E-state index contributed by atoms with van der Waals surface area (Å²) in [4.78, 5) is 2.41. The molecular formula is C55H36N2. The molecule has 10 aromatic rings. The smallest absolute Gasteiger partial charge is 0.0725 e. The quantitative estimate of drug-likeness (QED) is 0.172. The molecule has 0 saturated carbocycles. The van der Waals surface area contributed by atoms with Gasteiger partial charge in [-0.3, -0.25) is 0 Å². The minimum absolute atomic E-state index is 0.364. The lowest BCUT2D eigenvalue weighted by molar-refractivity contribution is 0.794. The number of nitrogens with zero attached hydrogens (tertiary/aromatic N) is 2. The fourth-order valence-corrected chi connectivity index (χ4v) is 10.1. The lowest BCUT2D eigenvalue weighted by atomic mass is 9.70. The van der Waals surface area contributed by atoms with Crippen LogP contribution in [0.3, 0.4) is 0 Å². The second-order valence-corrected chi connectivity index (χ2v) is 15.2. The van der Waals surface area contributed by atoms with Crippen LogP contribution in [0.1, 0.15) is 22.3 Å². The Morgan fingerprint density at radius 1 is 0.351 bits per heavy atom. The van der Waals surface area contributed by atoms with Crippen LogP contribution in [0.15, 0.2) is 218 Å². The number of anilines is 3. The Morgan fingerprint density at radius 2 is 0.860 bits per heavy atom. The van der Waals surface area contributed by atoms with Gasteiger partial charge in [0.15, 0.2) is 0 Å². The maximum absolute atomic E-state index is 2.47. The van der Waals surface area contributed by atoms with Crippen molar-refractivity contribution in [3.8, 4) is 39.1 Å². The summed E-state index contributed by atoms with van der Waals surface area (Å²) < 4.78 is 2.39. The van der Waals surface area contributed by atoms with Gasteiger partial charge >= 0.3 is 0 Å². The molecule has 0 fully saturated rings. The Labute approximate surface area is 332 Å². The fourth-order valence-electron chi connectivity index (χ4n) is 10.1. The highest BCUT2D eigenvalue weighted by Gasteiger charge is 2.51. The summed E-state index contributed by atoms with van der Waals surface area (Å²) in [5.74, 6) is 0. The van der Waals surface area contributed by atoms with Crippen molar-refractivity contribution in [2.24, 2.45) is 0 Å². The van der Waals surface area contributed by atoms with Crippen molar-refractivity contribution in [2.45, 2.75) is 5.41 Å². The van der Waals surface area contributed by atoms with E-state index in [9.17, 15) is 0 Å². The molecule has 0 amide bonds. The molecule has 0 bridgehead atoms. The van der Waals surface area contributed by atoms with E-state index in [1.54, 1.807) is 0 Å². The topological polar surface area (TPSA) is 8.17 Å². The van der Waals surface area contributed by atoms with Crippen molar-refractivity contribution >= 4 is 38.9 Å². The highest BCUT2D eigenvalue weighted by Crippen LogP contribution is 2.63. The van der Waals surface area contributed by atoms with Crippen LogP contribution in [-0.4, -0.2) is 4.57 Å². The molecule has 9 aromatic carbocycles. The van der Waals surface area contributed by atoms with Crippen LogP contribution < -0.4 is 4.90 Å². The third kappa shape index (κ3) is 4.47. The Hall–Kier alpha value is -7.42. The molecule has 0 saturated heterocycles. The zero-order chi connectivity index (χ0) is 37.5. The molecule has 1 heterocycles. The van der Waals surface area contributed by atoms with Crippen LogP contribution in [-0.2, 0) is 5.41 Å². The van der Waals surface area contributed by atoms with Crippen molar-refractivity contribution in [3.05, 3.63) is 241 Å². The van der Waals surface area contributed by atoms with Gasteiger partial charge in [-0.05, 0) is 116 Å². The highest BCUT2D eigenvalue weighted by atomic mass is 15.1. The minimum Gasteiger partial charge on any atom is -0.310 e. The second kappa shape index (κ2) is 12.3. The van der Waals surface area contributed by atoms with Gasteiger partial charge < -0.3 is 9.47 Å². The number of aromatic nitrogens is 1. The van der Waals surface area contributed by atoms with Gasteiger partial charge in [-0.25, -0.2) is 0 Å². The molecule has 2 aliphatic rings. The van der Waals surface area contributed by atoms with Gasteiger partial charge in [-0.1, -0.05) is 158 Å². The van der Waals surface area contributed by atoms with Crippen LogP contribution >= 0.6 is 0 Å². The SMILES string of the molecule is c1ccc(N(c2ccc(-c3ccc4c(c3)C3(c5ccccc5-c5ccccc53)c3ccccc3-4)cc2)c2cccc3c2c2ccccc2n3-c2ccccc2)cc1. The number of fused-ring (bicyclic) bond motifs is 13. The van der Waals surface area contributed by atoms with E-state index in [0.717, 1.165) is 22.7 Å². The van der Waals surface area contributed by atoms with Crippen LogP contribution in [0.2, 0.25) is 0 Å². The summed E-state index contributed by atoms with van der Waals surface area (Å²) in [6.07, 6.45) is 0. The summed E-state index contributed by atoms with van der Waals surface area (Å²) >= 11 is 0. The number of benzene rings is 9. The third-order valence-corrected chi connectivity index (χ3v) is 12.4. The van der Waals surface area contributed by atoms with Gasteiger partial charge in [-0.2, -0.15) is 0 Å². The van der Waals surface area contributed by atoms with Crippen LogP contribution in [0.25, 0.3) is 60.9 Å². The van der Waals surface area contributed by atoms with E-state index in [4.69, 9.17) is 0 Å². The number of para-hydroxylation sites is 3. The molecule has 2 aliphatic carbocycles. The predicted molar refractivity (Wildman–Crippen MR) is 237 cm³/mol. The van der Waals surface area contributed by atoms with E-state index < -0.39 is 0 Å². The average Bonchev–Trinajstić information content (AvgIpc) is 3.89. The molecule has 0 radical (unpaired) electrons. The molecule has 0 unspecified atom stereocenters. The summed E-state index contributed by atoms with van der Waals surface area (Å²) in [5, 5.41) is 2.46. The van der Waals surface area contributed by atoms with Gasteiger partial charge in [0, 0.05) is 27.8 Å². The Bertz CT molecular complexity index is 3110. The zero-order valence-electron chi connectivity index (χ0n) is 31.2.